The number of phenolic OH excluding ortho intramolecular Hbond substituents is 1. The first-order valence-corrected chi connectivity index (χ1v) is 4.99. The number of amides is 1. The van der Waals surface area contributed by atoms with Crippen molar-refractivity contribution < 1.29 is 9.90 Å². The monoisotopic (exact) mass is 205 g/mol. The van der Waals surface area contributed by atoms with Gasteiger partial charge in [-0.25, -0.2) is 5.32 Å². The average Bonchev–Trinajstić information content (AvgIpc) is 2.30. The Bertz CT molecular complexity index is 359. The molecule has 2 rings (SSSR count). The largest absolute Gasteiger partial charge is 0.507 e. The molecule has 1 heterocycles. The Balaban J connectivity index is 2.16. The normalized spacial score (nSPS) is 16.4. The number of phenols is 1. The van der Waals surface area contributed by atoms with Crippen molar-refractivity contribution in [2.75, 3.05) is 26.2 Å². The Hall–Kier alpha value is -1.55. The summed E-state index contributed by atoms with van der Waals surface area (Å²) >= 11 is 0. The molecule has 1 amide bonds. The number of hydrogen-bond acceptors (Lipinski definition) is 2. The molecule has 4 heteroatoms. The molecule has 1 aromatic rings. The zero-order valence-electron chi connectivity index (χ0n) is 8.39. The Morgan fingerprint density at radius 1 is 1.27 bits per heavy atom. The van der Waals surface area contributed by atoms with Gasteiger partial charge in [0.15, 0.2) is 0 Å². The Labute approximate surface area is 88.5 Å². The van der Waals surface area contributed by atoms with Gasteiger partial charge in [0.25, 0.3) is 5.91 Å². The number of hydrogen-bond donors (Lipinski definition) is 1. The van der Waals surface area contributed by atoms with Crippen LogP contribution in [-0.4, -0.2) is 42.1 Å². The van der Waals surface area contributed by atoms with E-state index in [1.165, 1.54) is 6.07 Å². The van der Waals surface area contributed by atoms with E-state index < -0.39 is 0 Å². The highest BCUT2D eigenvalue weighted by molar-refractivity contribution is 5.96. The van der Waals surface area contributed by atoms with Crippen molar-refractivity contribution in [2.45, 2.75) is 0 Å². The molecule has 1 N–H and O–H groups in total. The van der Waals surface area contributed by atoms with E-state index in [0.29, 0.717) is 31.7 Å². The van der Waals surface area contributed by atoms with Crippen LogP contribution in [0.5, 0.6) is 5.75 Å². The summed E-state index contributed by atoms with van der Waals surface area (Å²) in [6.45, 7) is 2.68. The van der Waals surface area contributed by atoms with Crippen molar-refractivity contribution in [3.63, 3.8) is 0 Å². The summed E-state index contributed by atoms with van der Waals surface area (Å²) in [5.41, 5.74) is 0.374. The van der Waals surface area contributed by atoms with Gasteiger partial charge in [-0.2, -0.15) is 0 Å². The maximum Gasteiger partial charge on any atom is 0.257 e. The molecule has 1 aliphatic heterocycles. The van der Waals surface area contributed by atoms with Gasteiger partial charge < -0.3 is 10.0 Å². The molecule has 1 aliphatic rings. The molecule has 0 unspecified atom stereocenters. The lowest BCUT2D eigenvalue weighted by molar-refractivity contribution is 0.0731. The molecule has 1 radical (unpaired) electrons. The van der Waals surface area contributed by atoms with Crippen molar-refractivity contribution in [3.8, 4) is 5.75 Å². The van der Waals surface area contributed by atoms with Gasteiger partial charge in [-0.15, -0.1) is 0 Å². The third kappa shape index (κ3) is 2.10. The number of benzene rings is 1. The summed E-state index contributed by atoms with van der Waals surface area (Å²) in [4.78, 5) is 13.7. The Morgan fingerprint density at radius 3 is 2.60 bits per heavy atom. The first-order chi connectivity index (χ1) is 7.29. The van der Waals surface area contributed by atoms with Crippen LogP contribution in [0.25, 0.3) is 0 Å². The molecule has 1 fully saturated rings. The number of carbonyl (C=O) groups is 1. The molecule has 0 aromatic heterocycles. The fourth-order valence-electron chi connectivity index (χ4n) is 1.63. The quantitative estimate of drug-likeness (QED) is 0.723. The van der Waals surface area contributed by atoms with E-state index >= 15 is 0 Å². The molecule has 0 bridgehead atoms. The summed E-state index contributed by atoms with van der Waals surface area (Å²) in [5.74, 6) is -0.0620. The van der Waals surface area contributed by atoms with Crippen molar-refractivity contribution in [2.24, 2.45) is 0 Å². The Morgan fingerprint density at radius 2 is 1.93 bits per heavy atom. The minimum Gasteiger partial charge on any atom is -0.507 e. The zero-order chi connectivity index (χ0) is 10.7. The smallest absolute Gasteiger partial charge is 0.257 e. The molecule has 0 spiro atoms. The SMILES string of the molecule is O=C(c1ccccc1O)N1CC[N]CC1. The lowest BCUT2D eigenvalue weighted by Crippen LogP contribution is -2.43. The van der Waals surface area contributed by atoms with Gasteiger partial charge >= 0.3 is 0 Å². The predicted molar refractivity (Wildman–Crippen MR) is 55.9 cm³/mol. The first kappa shape index (κ1) is 9.98. The van der Waals surface area contributed by atoms with E-state index in [1.807, 2.05) is 0 Å². The molecule has 1 aromatic carbocycles. The van der Waals surface area contributed by atoms with Crippen LogP contribution in [-0.2, 0) is 0 Å². The second-order valence-corrected chi connectivity index (χ2v) is 3.48. The fraction of sp³-hybridized carbons (Fsp3) is 0.364. The summed E-state index contributed by atoms with van der Waals surface area (Å²) in [7, 11) is 0. The topological polar surface area (TPSA) is 54.6 Å². The highest BCUT2D eigenvalue weighted by Crippen LogP contribution is 2.17. The number of rotatable bonds is 1. The van der Waals surface area contributed by atoms with Crippen LogP contribution in [0.4, 0.5) is 0 Å². The second kappa shape index (κ2) is 4.31. The second-order valence-electron chi connectivity index (χ2n) is 3.48. The maximum atomic E-state index is 11.9. The van der Waals surface area contributed by atoms with Gasteiger partial charge in [-0.3, -0.25) is 4.79 Å². The van der Waals surface area contributed by atoms with Crippen LogP contribution >= 0.6 is 0 Å². The fourth-order valence-corrected chi connectivity index (χ4v) is 1.63. The van der Waals surface area contributed by atoms with Gasteiger partial charge in [0.1, 0.15) is 5.75 Å². The van der Waals surface area contributed by atoms with Crippen molar-refractivity contribution in [3.05, 3.63) is 29.8 Å². The van der Waals surface area contributed by atoms with E-state index in [1.54, 1.807) is 23.1 Å². The first-order valence-electron chi connectivity index (χ1n) is 4.99. The molecule has 79 valence electrons. The van der Waals surface area contributed by atoms with E-state index in [-0.39, 0.29) is 11.7 Å². The van der Waals surface area contributed by atoms with Crippen LogP contribution in [0.15, 0.2) is 24.3 Å². The molecular formula is C11H13N2O2. The zero-order valence-corrected chi connectivity index (χ0v) is 8.39. The molecule has 1 saturated heterocycles. The van der Waals surface area contributed by atoms with Crippen molar-refractivity contribution >= 4 is 5.91 Å². The molecule has 0 aliphatic carbocycles. The van der Waals surface area contributed by atoms with E-state index in [0.717, 1.165) is 0 Å². The summed E-state index contributed by atoms with van der Waals surface area (Å²) in [6, 6.07) is 6.63. The third-order valence-electron chi connectivity index (χ3n) is 2.48. The summed E-state index contributed by atoms with van der Waals surface area (Å²) in [5, 5.41) is 13.7. The highest BCUT2D eigenvalue weighted by Gasteiger charge is 2.20. The van der Waals surface area contributed by atoms with Crippen molar-refractivity contribution in [1.29, 1.82) is 0 Å². The summed E-state index contributed by atoms with van der Waals surface area (Å²) < 4.78 is 0. The summed E-state index contributed by atoms with van der Waals surface area (Å²) in [6.07, 6.45) is 0. The Kier molecular flexibility index (Phi) is 2.87. The number of aromatic hydroxyl groups is 1. The van der Waals surface area contributed by atoms with Crippen LogP contribution in [0.3, 0.4) is 0 Å². The number of para-hydroxylation sites is 1. The van der Waals surface area contributed by atoms with Crippen LogP contribution in [0.1, 0.15) is 10.4 Å². The molecular weight excluding hydrogens is 192 g/mol. The number of nitrogens with zero attached hydrogens (tertiary/aromatic N) is 2. The maximum absolute atomic E-state index is 11.9. The highest BCUT2D eigenvalue weighted by atomic mass is 16.3. The predicted octanol–water partition coefficient (Wildman–Crippen LogP) is 0.452. The van der Waals surface area contributed by atoms with Gasteiger partial charge in [0.05, 0.1) is 5.56 Å². The van der Waals surface area contributed by atoms with Gasteiger partial charge in [0, 0.05) is 26.2 Å². The van der Waals surface area contributed by atoms with Crippen LogP contribution in [0, 0.1) is 0 Å². The lowest BCUT2D eigenvalue weighted by Gasteiger charge is -2.26. The van der Waals surface area contributed by atoms with E-state index in [9.17, 15) is 9.90 Å². The minimum absolute atomic E-state index is 0.0463. The van der Waals surface area contributed by atoms with Gasteiger partial charge in [-0.05, 0) is 12.1 Å². The standard InChI is InChI=1S/C11H13N2O2/c14-10-4-2-1-3-9(10)11(15)13-7-5-12-6-8-13/h1-4,14H,5-8H2. The van der Waals surface area contributed by atoms with Crippen LogP contribution in [0.2, 0.25) is 0 Å². The number of piperazine rings is 1. The minimum atomic E-state index is -0.108. The van der Waals surface area contributed by atoms with Crippen LogP contribution < -0.4 is 5.32 Å². The van der Waals surface area contributed by atoms with E-state index in [4.69, 9.17) is 0 Å². The third-order valence-corrected chi connectivity index (χ3v) is 2.48. The average molecular weight is 205 g/mol. The lowest BCUT2D eigenvalue weighted by atomic mass is 10.1. The molecule has 4 nitrogen and oxygen atoms in total. The number of carbonyl (C=O) groups excluding carboxylic acids is 1. The van der Waals surface area contributed by atoms with Gasteiger partial charge in [0.2, 0.25) is 0 Å². The van der Waals surface area contributed by atoms with E-state index in [2.05, 4.69) is 5.32 Å². The molecule has 15 heavy (non-hydrogen) atoms. The molecule has 0 saturated carbocycles. The molecule has 0 atom stereocenters. The van der Waals surface area contributed by atoms with Crippen molar-refractivity contribution in [1.82, 2.24) is 10.2 Å². The van der Waals surface area contributed by atoms with Gasteiger partial charge in [-0.1, -0.05) is 12.1 Å².